The summed E-state index contributed by atoms with van der Waals surface area (Å²) >= 11 is 0. The second kappa shape index (κ2) is 10.8. The Morgan fingerprint density at radius 2 is 2.12 bits per heavy atom. The van der Waals surface area contributed by atoms with E-state index in [1.54, 1.807) is 0 Å². The Balaban J connectivity index is 1.87. The molecule has 0 aromatic heterocycles. The van der Waals surface area contributed by atoms with Gasteiger partial charge in [-0.25, -0.2) is 0 Å². The summed E-state index contributed by atoms with van der Waals surface area (Å²) in [4.78, 5) is 18.6. The summed E-state index contributed by atoms with van der Waals surface area (Å²) in [5.41, 5.74) is 1.35. The number of rotatable bonds is 8. The molecule has 2 rings (SSSR count). The molecule has 0 spiro atoms. The molecule has 1 saturated heterocycles. The zero-order chi connectivity index (χ0) is 18.8. The van der Waals surface area contributed by atoms with Crippen LogP contribution < -0.4 is 10.6 Å². The number of hydrogen-bond acceptors (Lipinski definition) is 4. The van der Waals surface area contributed by atoms with Gasteiger partial charge in [0.05, 0.1) is 19.6 Å². The van der Waals surface area contributed by atoms with Crippen LogP contribution in [0, 0.1) is 5.92 Å². The van der Waals surface area contributed by atoms with Gasteiger partial charge in [0.15, 0.2) is 5.96 Å². The summed E-state index contributed by atoms with van der Waals surface area (Å²) in [5.74, 6) is 0.292. The van der Waals surface area contributed by atoms with Crippen molar-refractivity contribution in [3.05, 3.63) is 35.9 Å². The zero-order valence-corrected chi connectivity index (χ0v) is 16.2. The van der Waals surface area contributed by atoms with Crippen molar-refractivity contribution in [1.29, 1.82) is 0 Å². The molecule has 0 aliphatic carbocycles. The van der Waals surface area contributed by atoms with Crippen molar-refractivity contribution in [2.75, 3.05) is 33.3 Å². The monoisotopic (exact) mass is 360 g/mol. The number of carbonyl (C=O) groups is 1. The average Bonchev–Trinajstić information content (AvgIpc) is 3.10. The van der Waals surface area contributed by atoms with Crippen LogP contribution in [0.25, 0.3) is 0 Å². The van der Waals surface area contributed by atoms with Gasteiger partial charge in [-0.3, -0.25) is 14.7 Å². The lowest BCUT2D eigenvalue weighted by Crippen LogP contribution is -2.45. The molecule has 1 aliphatic heterocycles. The number of methoxy groups -OCH3 is 1. The van der Waals surface area contributed by atoms with Crippen LogP contribution in [-0.4, -0.2) is 56.2 Å². The standard InChI is InChI=1S/C20H32N4O2/c1-4-21-20(22-13-16(2)19(25)26-3)23-14-18-11-8-12-24(18)15-17-9-6-5-7-10-17/h5-7,9-10,16,18H,4,8,11-15H2,1-3H3,(H2,21,22,23). The molecule has 1 heterocycles. The highest BCUT2D eigenvalue weighted by atomic mass is 16.5. The van der Waals surface area contributed by atoms with E-state index in [9.17, 15) is 4.79 Å². The highest BCUT2D eigenvalue weighted by molar-refractivity contribution is 5.80. The molecule has 1 fully saturated rings. The summed E-state index contributed by atoms with van der Waals surface area (Å²) < 4.78 is 4.76. The van der Waals surface area contributed by atoms with Crippen LogP contribution in [0.4, 0.5) is 0 Å². The number of nitrogens with zero attached hydrogens (tertiary/aromatic N) is 2. The van der Waals surface area contributed by atoms with Crippen molar-refractivity contribution in [3.63, 3.8) is 0 Å². The van der Waals surface area contributed by atoms with Crippen molar-refractivity contribution in [2.45, 2.75) is 39.3 Å². The first-order chi connectivity index (χ1) is 12.6. The fraction of sp³-hybridized carbons (Fsp3) is 0.600. The minimum Gasteiger partial charge on any atom is -0.469 e. The summed E-state index contributed by atoms with van der Waals surface area (Å²) in [6.07, 6.45) is 2.42. The van der Waals surface area contributed by atoms with Crippen molar-refractivity contribution >= 4 is 11.9 Å². The molecule has 6 heteroatoms. The average molecular weight is 361 g/mol. The van der Waals surface area contributed by atoms with Crippen LogP contribution >= 0.6 is 0 Å². The maximum atomic E-state index is 11.5. The predicted octanol–water partition coefficient (Wildman–Crippen LogP) is 2.02. The van der Waals surface area contributed by atoms with Crippen LogP contribution in [0.15, 0.2) is 35.3 Å². The molecule has 1 aliphatic rings. The lowest BCUT2D eigenvalue weighted by molar-refractivity contribution is -0.144. The molecule has 0 bridgehead atoms. The van der Waals surface area contributed by atoms with Gasteiger partial charge >= 0.3 is 5.97 Å². The molecular formula is C20H32N4O2. The molecule has 1 aromatic carbocycles. The highest BCUT2D eigenvalue weighted by Gasteiger charge is 2.24. The third kappa shape index (κ3) is 6.33. The normalized spacial score (nSPS) is 19.2. The molecule has 144 valence electrons. The van der Waals surface area contributed by atoms with Crippen LogP contribution in [0.1, 0.15) is 32.3 Å². The van der Waals surface area contributed by atoms with Crippen molar-refractivity contribution in [2.24, 2.45) is 10.9 Å². The molecule has 0 amide bonds. The number of nitrogens with one attached hydrogen (secondary N) is 2. The van der Waals surface area contributed by atoms with Crippen molar-refractivity contribution in [1.82, 2.24) is 15.5 Å². The topological polar surface area (TPSA) is 66.0 Å². The van der Waals surface area contributed by atoms with E-state index in [1.165, 1.54) is 25.5 Å². The lowest BCUT2D eigenvalue weighted by atomic mass is 10.2. The molecular weight excluding hydrogens is 328 g/mol. The lowest BCUT2D eigenvalue weighted by Gasteiger charge is -2.25. The van der Waals surface area contributed by atoms with Gasteiger partial charge in [0, 0.05) is 25.7 Å². The van der Waals surface area contributed by atoms with E-state index in [0.29, 0.717) is 12.6 Å². The van der Waals surface area contributed by atoms with E-state index < -0.39 is 0 Å². The minimum absolute atomic E-state index is 0.227. The van der Waals surface area contributed by atoms with Crippen LogP contribution in [0.5, 0.6) is 0 Å². The van der Waals surface area contributed by atoms with Gasteiger partial charge in [0.2, 0.25) is 0 Å². The molecule has 2 unspecified atom stereocenters. The van der Waals surface area contributed by atoms with Gasteiger partial charge in [0.25, 0.3) is 0 Å². The molecule has 26 heavy (non-hydrogen) atoms. The molecule has 2 N–H and O–H groups in total. The quantitative estimate of drug-likeness (QED) is 0.422. The first-order valence-electron chi connectivity index (χ1n) is 9.52. The third-order valence-corrected chi connectivity index (χ3v) is 4.70. The van der Waals surface area contributed by atoms with E-state index in [4.69, 9.17) is 4.74 Å². The van der Waals surface area contributed by atoms with Gasteiger partial charge in [-0.2, -0.15) is 0 Å². The van der Waals surface area contributed by atoms with Crippen LogP contribution in [-0.2, 0) is 16.1 Å². The SMILES string of the molecule is CCNC(=NCC(C)C(=O)OC)NCC1CCCN1Cc1ccccc1. The second-order valence-corrected chi connectivity index (χ2v) is 6.78. The second-order valence-electron chi connectivity index (χ2n) is 6.78. The van der Waals surface area contributed by atoms with E-state index in [0.717, 1.165) is 32.1 Å². The first kappa shape index (κ1) is 20.2. The summed E-state index contributed by atoms with van der Waals surface area (Å²) in [6.45, 7) is 8.05. The highest BCUT2D eigenvalue weighted by Crippen LogP contribution is 2.19. The molecule has 2 atom stereocenters. The number of likely N-dealkylation sites (tertiary alicyclic amines) is 1. The number of esters is 1. The maximum absolute atomic E-state index is 11.5. The predicted molar refractivity (Wildman–Crippen MR) is 105 cm³/mol. The van der Waals surface area contributed by atoms with Gasteiger partial charge in [-0.05, 0) is 31.9 Å². The smallest absolute Gasteiger partial charge is 0.310 e. The van der Waals surface area contributed by atoms with Crippen LogP contribution in [0.2, 0.25) is 0 Å². The summed E-state index contributed by atoms with van der Waals surface area (Å²) in [7, 11) is 1.41. The largest absolute Gasteiger partial charge is 0.469 e. The molecule has 6 nitrogen and oxygen atoms in total. The molecule has 0 saturated carbocycles. The van der Waals surface area contributed by atoms with Crippen LogP contribution in [0.3, 0.4) is 0 Å². The van der Waals surface area contributed by atoms with Gasteiger partial charge in [0.1, 0.15) is 0 Å². The van der Waals surface area contributed by atoms with E-state index in [1.807, 2.05) is 13.8 Å². The minimum atomic E-state index is -0.239. The Bertz CT molecular complexity index is 576. The summed E-state index contributed by atoms with van der Waals surface area (Å²) in [6, 6.07) is 11.1. The Kier molecular flexibility index (Phi) is 8.41. The van der Waals surface area contributed by atoms with Gasteiger partial charge in [-0.1, -0.05) is 37.3 Å². The number of aliphatic imine (C=N–C) groups is 1. The first-order valence-corrected chi connectivity index (χ1v) is 9.52. The maximum Gasteiger partial charge on any atom is 0.310 e. The molecule has 1 aromatic rings. The fourth-order valence-corrected chi connectivity index (χ4v) is 3.21. The Morgan fingerprint density at radius 1 is 1.35 bits per heavy atom. The molecule has 0 radical (unpaired) electrons. The van der Waals surface area contributed by atoms with E-state index in [2.05, 4.69) is 50.9 Å². The fourth-order valence-electron chi connectivity index (χ4n) is 3.21. The number of carbonyl (C=O) groups excluding carboxylic acids is 1. The number of guanidine groups is 1. The summed E-state index contributed by atoms with van der Waals surface area (Å²) in [5, 5.41) is 6.69. The zero-order valence-electron chi connectivity index (χ0n) is 16.2. The number of hydrogen-bond donors (Lipinski definition) is 2. The van der Waals surface area contributed by atoms with Gasteiger partial charge < -0.3 is 15.4 Å². The van der Waals surface area contributed by atoms with Gasteiger partial charge in [-0.15, -0.1) is 0 Å². The Labute approximate surface area is 157 Å². The third-order valence-electron chi connectivity index (χ3n) is 4.70. The number of ether oxygens (including phenoxy) is 1. The van der Waals surface area contributed by atoms with E-state index in [-0.39, 0.29) is 11.9 Å². The van der Waals surface area contributed by atoms with E-state index >= 15 is 0 Å². The number of benzene rings is 1. The van der Waals surface area contributed by atoms with Crippen molar-refractivity contribution < 1.29 is 9.53 Å². The van der Waals surface area contributed by atoms with Crippen molar-refractivity contribution in [3.8, 4) is 0 Å². The Hall–Kier alpha value is -2.08. The Morgan fingerprint density at radius 3 is 2.81 bits per heavy atom.